The lowest BCUT2D eigenvalue weighted by atomic mass is 9.87. The minimum absolute atomic E-state index is 0. The fourth-order valence-corrected chi connectivity index (χ4v) is 6.49. The Morgan fingerprint density at radius 3 is 2.45 bits per heavy atom. The van der Waals surface area contributed by atoms with E-state index in [1.807, 2.05) is 66.3 Å². The van der Waals surface area contributed by atoms with E-state index in [1.165, 1.54) is 0 Å². The summed E-state index contributed by atoms with van der Waals surface area (Å²) in [5.41, 5.74) is 3.89. The van der Waals surface area contributed by atoms with E-state index in [0.717, 1.165) is 41.0 Å². The molecular formula is C32H38N4O3S. The van der Waals surface area contributed by atoms with Crippen molar-refractivity contribution in [2.75, 3.05) is 4.90 Å². The molecule has 0 unspecified atom stereocenters. The molecule has 0 aliphatic heterocycles. The van der Waals surface area contributed by atoms with Crippen LogP contribution >= 0.6 is 0 Å². The summed E-state index contributed by atoms with van der Waals surface area (Å²) in [6, 6.07) is 24.1. The Bertz CT molecular complexity index is 1530. The molecule has 1 aliphatic carbocycles. The molecule has 0 spiro atoms. The molecule has 1 N–H and O–H groups in total. The molecule has 40 heavy (non-hydrogen) atoms. The molecule has 5 rings (SSSR count). The fourth-order valence-electron chi connectivity index (χ4n) is 5.22. The SMILES string of the molecule is C.C[C@H](CC(=O)N(Cc1nccn1C)c1ccc2c(c1)[C@@H](NS(=O)(=O)c1ccccc1)CCC2)c1ccccc1. The molecule has 8 heteroatoms. The van der Waals surface area contributed by atoms with Gasteiger partial charge >= 0.3 is 0 Å². The average molecular weight is 559 g/mol. The number of aromatic nitrogens is 2. The van der Waals surface area contributed by atoms with Crippen LogP contribution in [-0.4, -0.2) is 23.9 Å². The van der Waals surface area contributed by atoms with Crippen LogP contribution in [0.3, 0.4) is 0 Å². The number of rotatable bonds is 9. The molecular weight excluding hydrogens is 520 g/mol. The lowest BCUT2D eigenvalue weighted by Crippen LogP contribution is -2.34. The second kappa shape index (κ2) is 12.6. The van der Waals surface area contributed by atoms with Gasteiger partial charge in [0, 0.05) is 37.6 Å². The molecule has 7 nitrogen and oxygen atoms in total. The number of sulfonamides is 1. The molecule has 4 aromatic rings. The Morgan fingerprint density at radius 2 is 1.77 bits per heavy atom. The van der Waals surface area contributed by atoms with E-state index < -0.39 is 10.0 Å². The highest BCUT2D eigenvalue weighted by Gasteiger charge is 2.28. The van der Waals surface area contributed by atoms with Gasteiger partial charge in [-0.2, -0.15) is 0 Å². The van der Waals surface area contributed by atoms with Crippen LogP contribution in [0.4, 0.5) is 5.69 Å². The maximum atomic E-state index is 13.8. The van der Waals surface area contributed by atoms with Crippen molar-refractivity contribution < 1.29 is 13.2 Å². The third kappa shape index (κ3) is 6.51. The first-order valence-electron chi connectivity index (χ1n) is 13.3. The van der Waals surface area contributed by atoms with Crippen LogP contribution in [0, 0.1) is 0 Å². The van der Waals surface area contributed by atoms with E-state index in [9.17, 15) is 13.2 Å². The van der Waals surface area contributed by atoms with Crippen molar-refractivity contribution in [3.63, 3.8) is 0 Å². The molecule has 0 saturated heterocycles. The number of imidazole rings is 1. The zero-order valence-electron chi connectivity index (χ0n) is 22.3. The number of nitrogens with zero attached hydrogens (tertiary/aromatic N) is 3. The molecule has 1 aromatic heterocycles. The summed E-state index contributed by atoms with van der Waals surface area (Å²) in [7, 11) is -1.77. The predicted molar refractivity (Wildman–Crippen MR) is 159 cm³/mol. The third-order valence-corrected chi connectivity index (χ3v) is 8.96. The molecule has 1 heterocycles. The van der Waals surface area contributed by atoms with Gasteiger partial charge < -0.3 is 9.47 Å². The fraction of sp³-hybridized carbons (Fsp3) is 0.312. The number of carbonyl (C=O) groups excluding carboxylic acids is 1. The number of carbonyl (C=O) groups is 1. The molecule has 0 radical (unpaired) electrons. The van der Waals surface area contributed by atoms with E-state index in [2.05, 4.69) is 16.6 Å². The monoisotopic (exact) mass is 558 g/mol. The number of anilines is 1. The topological polar surface area (TPSA) is 84.3 Å². The zero-order chi connectivity index (χ0) is 27.4. The van der Waals surface area contributed by atoms with Crippen molar-refractivity contribution in [3.05, 3.63) is 114 Å². The summed E-state index contributed by atoms with van der Waals surface area (Å²) in [4.78, 5) is 20.3. The summed E-state index contributed by atoms with van der Waals surface area (Å²) >= 11 is 0. The molecule has 1 amide bonds. The van der Waals surface area contributed by atoms with Gasteiger partial charge in [0.15, 0.2) is 0 Å². The number of amides is 1. The molecule has 3 aromatic carbocycles. The van der Waals surface area contributed by atoms with Gasteiger partial charge in [-0.25, -0.2) is 18.1 Å². The summed E-state index contributed by atoms with van der Waals surface area (Å²) in [5, 5.41) is 0. The van der Waals surface area contributed by atoms with E-state index in [1.54, 1.807) is 41.4 Å². The largest absolute Gasteiger partial charge is 0.337 e. The van der Waals surface area contributed by atoms with E-state index in [4.69, 9.17) is 0 Å². The molecule has 210 valence electrons. The number of hydrogen-bond acceptors (Lipinski definition) is 4. The van der Waals surface area contributed by atoms with Crippen molar-refractivity contribution in [2.24, 2.45) is 7.05 Å². The normalized spacial score (nSPS) is 15.5. The third-order valence-electron chi connectivity index (χ3n) is 7.48. The van der Waals surface area contributed by atoms with Crippen LogP contribution in [0.1, 0.15) is 68.1 Å². The second-order valence-electron chi connectivity index (χ2n) is 10.2. The van der Waals surface area contributed by atoms with Gasteiger partial charge in [-0.1, -0.05) is 68.9 Å². The predicted octanol–water partition coefficient (Wildman–Crippen LogP) is 6.14. The summed E-state index contributed by atoms with van der Waals surface area (Å²) in [5.74, 6) is 0.812. The first kappa shape index (κ1) is 29.2. The second-order valence-corrected chi connectivity index (χ2v) is 11.9. The maximum Gasteiger partial charge on any atom is 0.241 e. The van der Waals surface area contributed by atoms with Gasteiger partial charge in [0.05, 0.1) is 11.4 Å². The van der Waals surface area contributed by atoms with Crippen molar-refractivity contribution in [1.29, 1.82) is 0 Å². The highest BCUT2D eigenvalue weighted by molar-refractivity contribution is 7.89. The molecule has 0 saturated carbocycles. The Morgan fingerprint density at radius 1 is 1.07 bits per heavy atom. The van der Waals surface area contributed by atoms with Crippen LogP contribution in [0.25, 0.3) is 0 Å². The first-order chi connectivity index (χ1) is 18.8. The zero-order valence-corrected chi connectivity index (χ0v) is 23.1. The van der Waals surface area contributed by atoms with Crippen LogP contribution in [0.2, 0.25) is 0 Å². The Balaban J connectivity index is 0.00000370. The molecule has 0 bridgehead atoms. The standard InChI is InChI=1S/C31H34N4O3S.CH4/c1-23(24-10-5-3-6-11-24)20-31(36)35(22-30-32-18-19-34(30)2)26-17-16-25-12-9-15-29(28(25)21-26)33-39(37,38)27-13-7-4-8-14-27;/h3-8,10-11,13-14,16-19,21,23,29,33H,9,12,15,20,22H2,1-2H3;1H4/t23-,29+;/m1./s1. The van der Waals surface area contributed by atoms with Crippen LogP contribution in [-0.2, 0) is 34.8 Å². The average Bonchev–Trinajstić information content (AvgIpc) is 3.36. The molecule has 2 atom stereocenters. The van der Waals surface area contributed by atoms with Gasteiger partial charge in [0.1, 0.15) is 5.82 Å². The van der Waals surface area contributed by atoms with Gasteiger partial charge in [0.2, 0.25) is 15.9 Å². The highest BCUT2D eigenvalue weighted by atomic mass is 32.2. The van der Waals surface area contributed by atoms with Gasteiger partial charge in [-0.3, -0.25) is 4.79 Å². The first-order valence-corrected chi connectivity index (χ1v) is 14.8. The molecule has 0 fully saturated rings. The van der Waals surface area contributed by atoms with Gasteiger partial charge in [-0.15, -0.1) is 0 Å². The van der Waals surface area contributed by atoms with Gasteiger partial charge in [0.25, 0.3) is 0 Å². The summed E-state index contributed by atoms with van der Waals surface area (Å²) in [6.07, 6.45) is 6.39. The van der Waals surface area contributed by atoms with Gasteiger partial charge in [-0.05, 0) is 66.1 Å². The summed E-state index contributed by atoms with van der Waals surface area (Å²) < 4.78 is 31.1. The number of nitrogens with one attached hydrogen (secondary N) is 1. The Labute approximate surface area is 237 Å². The van der Waals surface area contributed by atoms with Crippen LogP contribution in [0.15, 0.2) is 96.2 Å². The number of hydrogen-bond donors (Lipinski definition) is 1. The quantitative estimate of drug-likeness (QED) is 0.268. The lowest BCUT2D eigenvalue weighted by Gasteiger charge is -2.30. The van der Waals surface area contributed by atoms with E-state index >= 15 is 0 Å². The van der Waals surface area contributed by atoms with Crippen LogP contribution in [0.5, 0.6) is 0 Å². The van der Waals surface area contributed by atoms with E-state index in [-0.39, 0.29) is 30.2 Å². The minimum Gasteiger partial charge on any atom is -0.337 e. The number of fused-ring (bicyclic) bond motifs is 1. The maximum absolute atomic E-state index is 13.8. The lowest BCUT2D eigenvalue weighted by molar-refractivity contribution is -0.119. The van der Waals surface area contributed by atoms with Crippen molar-refractivity contribution >= 4 is 21.6 Å². The Kier molecular flexibility index (Phi) is 9.22. The number of benzene rings is 3. The van der Waals surface area contributed by atoms with Crippen molar-refractivity contribution in [3.8, 4) is 0 Å². The Hall–Kier alpha value is -3.75. The smallest absolute Gasteiger partial charge is 0.241 e. The molecule has 1 aliphatic rings. The highest BCUT2D eigenvalue weighted by Crippen LogP contribution is 2.35. The summed E-state index contributed by atoms with van der Waals surface area (Å²) in [6.45, 7) is 2.39. The van der Waals surface area contributed by atoms with Crippen molar-refractivity contribution in [1.82, 2.24) is 14.3 Å². The number of aryl methyl sites for hydroxylation is 2. The minimum atomic E-state index is -3.69. The van der Waals surface area contributed by atoms with Crippen LogP contribution < -0.4 is 9.62 Å². The van der Waals surface area contributed by atoms with Crippen molar-refractivity contribution in [2.45, 2.75) is 63.4 Å². The van der Waals surface area contributed by atoms with E-state index in [0.29, 0.717) is 19.4 Å².